The number of thioether (sulfide) groups is 1. The molecule has 0 unspecified atom stereocenters. The van der Waals surface area contributed by atoms with Crippen LogP contribution in [0.4, 0.5) is 0 Å². The molecule has 3 rings (SSSR count). The van der Waals surface area contributed by atoms with E-state index in [1.54, 1.807) is 28.8 Å². The zero-order valence-corrected chi connectivity index (χ0v) is 18.8. The third-order valence-corrected chi connectivity index (χ3v) is 8.23. The van der Waals surface area contributed by atoms with Crippen LogP contribution in [0.25, 0.3) is 0 Å². The summed E-state index contributed by atoms with van der Waals surface area (Å²) < 4.78 is 27.1. The predicted molar refractivity (Wildman–Crippen MR) is 118 cm³/mol. The van der Waals surface area contributed by atoms with Gasteiger partial charge >= 0.3 is 0 Å². The summed E-state index contributed by atoms with van der Waals surface area (Å²) in [6, 6.07) is 14.4. The standard InChI is InChI=1S/C22H25N3O3S2/c1-17-7-8-20(15-18(17)2)29-14-9-22(26)24-10-12-25(13-11-24)30(27,28)21-6-4-3-5-19(21)16-23/h3-8,15H,9-14H2,1-2H3. The molecule has 0 atom stereocenters. The first-order valence-electron chi connectivity index (χ1n) is 9.80. The van der Waals surface area contributed by atoms with E-state index in [9.17, 15) is 18.5 Å². The van der Waals surface area contributed by atoms with Crippen molar-refractivity contribution in [3.8, 4) is 6.07 Å². The third kappa shape index (κ3) is 5.04. The number of carbonyl (C=O) groups excluding carboxylic acids is 1. The van der Waals surface area contributed by atoms with Gasteiger partial charge in [0.25, 0.3) is 0 Å². The molecule has 1 amide bonds. The minimum Gasteiger partial charge on any atom is -0.340 e. The van der Waals surface area contributed by atoms with Crippen molar-refractivity contribution in [2.24, 2.45) is 0 Å². The van der Waals surface area contributed by atoms with Gasteiger partial charge in [0.05, 0.1) is 10.5 Å². The van der Waals surface area contributed by atoms with Gasteiger partial charge in [-0.2, -0.15) is 9.57 Å². The van der Waals surface area contributed by atoms with Gasteiger partial charge in [0.2, 0.25) is 15.9 Å². The van der Waals surface area contributed by atoms with Crippen LogP contribution in [0, 0.1) is 25.2 Å². The Labute approximate surface area is 182 Å². The topological polar surface area (TPSA) is 81.5 Å². The number of piperazine rings is 1. The Morgan fingerprint density at radius 2 is 1.77 bits per heavy atom. The zero-order valence-electron chi connectivity index (χ0n) is 17.2. The van der Waals surface area contributed by atoms with E-state index in [1.807, 2.05) is 6.07 Å². The highest BCUT2D eigenvalue weighted by Crippen LogP contribution is 2.23. The van der Waals surface area contributed by atoms with Gasteiger partial charge in [-0.25, -0.2) is 8.42 Å². The number of amides is 1. The Kier molecular flexibility index (Phi) is 7.19. The molecular formula is C22H25N3O3S2. The second-order valence-electron chi connectivity index (χ2n) is 7.24. The fourth-order valence-electron chi connectivity index (χ4n) is 3.32. The molecular weight excluding hydrogens is 418 g/mol. The number of nitrogens with zero attached hydrogens (tertiary/aromatic N) is 3. The molecule has 8 heteroatoms. The molecule has 158 valence electrons. The monoisotopic (exact) mass is 443 g/mol. The van der Waals surface area contributed by atoms with Crippen molar-refractivity contribution in [3.63, 3.8) is 0 Å². The molecule has 0 radical (unpaired) electrons. The molecule has 1 aliphatic rings. The van der Waals surface area contributed by atoms with Crippen LogP contribution in [0.5, 0.6) is 0 Å². The Morgan fingerprint density at radius 3 is 2.43 bits per heavy atom. The van der Waals surface area contributed by atoms with Crippen LogP contribution in [-0.4, -0.2) is 55.5 Å². The van der Waals surface area contributed by atoms with Gasteiger partial charge in [0.15, 0.2) is 0 Å². The minimum absolute atomic E-state index is 0.0251. The first-order valence-corrected chi connectivity index (χ1v) is 12.2. The van der Waals surface area contributed by atoms with Crippen molar-refractivity contribution in [3.05, 3.63) is 59.2 Å². The number of aryl methyl sites for hydroxylation is 2. The second-order valence-corrected chi connectivity index (χ2v) is 10.3. The van der Waals surface area contributed by atoms with E-state index in [-0.39, 0.29) is 29.5 Å². The van der Waals surface area contributed by atoms with Crippen molar-refractivity contribution < 1.29 is 13.2 Å². The maximum absolute atomic E-state index is 12.9. The lowest BCUT2D eigenvalue weighted by Crippen LogP contribution is -2.50. The predicted octanol–water partition coefficient (Wildman–Crippen LogP) is 3.19. The van der Waals surface area contributed by atoms with E-state index in [0.29, 0.717) is 25.3 Å². The quantitative estimate of drug-likeness (QED) is 0.641. The van der Waals surface area contributed by atoms with E-state index in [0.717, 1.165) is 4.90 Å². The van der Waals surface area contributed by atoms with Crippen LogP contribution in [0.3, 0.4) is 0 Å². The van der Waals surface area contributed by atoms with Crippen LogP contribution in [-0.2, 0) is 14.8 Å². The van der Waals surface area contributed by atoms with Crippen LogP contribution < -0.4 is 0 Å². The van der Waals surface area contributed by atoms with Crippen LogP contribution in [0.2, 0.25) is 0 Å². The number of hydrogen-bond donors (Lipinski definition) is 0. The first kappa shape index (κ1) is 22.3. The Hall–Kier alpha value is -2.34. The molecule has 0 N–H and O–H groups in total. The van der Waals surface area contributed by atoms with E-state index >= 15 is 0 Å². The third-order valence-electron chi connectivity index (χ3n) is 5.28. The normalized spacial score (nSPS) is 15.0. The highest BCUT2D eigenvalue weighted by molar-refractivity contribution is 7.99. The number of carbonyl (C=O) groups is 1. The molecule has 2 aromatic rings. The minimum atomic E-state index is -3.75. The summed E-state index contributed by atoms with van der Waals surface area (Å²) in [6.45, 7) is 5.34. The highest BCUT2D eigenvalue weighted by atomic mass is 32.2. The summed E-state index contributed by atoms with van der Waals surface area (Å²) >= 11 is 1.66. The molecule has 0 aliphatic carbocycles. The average molecular weight is 444 g/mol. The largest absolute Gasteiger partial charge is 0.340 e. The van der Waals surface area contributed by atoms with Crippen molar-refractivity contribution >= 4 is 27.7 Å². The smallest absolute Gasteiger partial charge is 0.244 e. The summed E-state index contributed by atoms with van der Waals surface area (Å²) in [5, 5.41) is 9.20. The van der Waals surface area contributed by atoms with Gasteiger partial charge in [0, 0.05) is 43.2 Å². The second kappa shape index (κ2) is 9.65. The molecule has 2 aromatic carbocycles. The molecule has 0 bridgehead atoms. The number of sulfonamides is 1. The van der Waals surface area contributed by atoms with Gasteiger partial charge in [-0.1, -0.05) is 18.2 Å². The van der Waals surface area contributed by atoms with E-state index in [2.05, 4.69) is 32.0 Å². The summed E-state index contributed by atoms with van der Waals surface area (Å²) in [6.07, 6.45) is 0.418. The fourth-order valence-corrected chi connectivity index (χ4v) is 5.82. The molecule has 1 saturated heterocycles. The van der Waals surface area contributed by atoms with Gasteiger partial charge in [-0.3, -0.25) is 4.79 Å². The molecule has 0 saturated carbocycles. The van der Waals surface area contributed by atoms with Gasteiger partial charge in [0.1, 0.15) is 6.07 Å². The molecule has 1 aliphatic heterocycles. The summed E-state index contributed by atoms with van der Waals surface area (Å²) in [5.41, 5.74) is 2.63. The van der Waals surface area contributed by atoms with Gasteiger partial charge in [-0.15, -0.1) is 11.8 Å². The molecule has 1 fully saturated rings. The van der Waals surface area contributed by atoms with Crippen LogP contribution in [0.1, 0.15) is 23.1 Å². The van der Waals surface area contributed by atoms with E-state index in [1.165, 1.54) is 27.6 Å². The van der Waals surface area contributed by atoms with Crippen molar-refractivity contribution in [1.29, 1.82) is 5.26 Å². The van der Waals surface area contributed by atoms with Crippen LogP contribution in [0.15, 0.2) is 52.3 Å². The maximum Gasteiger partial charge on any atom is 0.244 e. The maximum atomic E-state index is 12.9. The Balaban J connectivity index is 1.53. The average Bonchev–Trinajstić information content (AvgIpc) is 2.76. The van der Waals surface area contributed by atoms with Gasteiger partial charge in [-0.05, 0) is 49.2 Å². The first-order chi connectivity index (χ1) is 14.3. The summed E-state index contributed by atoms with van der Waals surface area (Å²) in [7, 11) is -3.75. The number of hydrogen-bond acceptors (Lipinski definition) is 5. The number of benzene rings is 2. The van der Waals surface area contributed by atoms with Crippen molar-refractivity contribution in [2.45, 2.75) is 30.1 Å². The lowest BCUT2D eigenvalue weighted by molar-refractivity contribution is -0.131. The Morgan fingerprint density at radius 1 is 1.07 bits per heavy atom. The summed E-state index contributed by atoms with van der Waals surface area (Å²) in [5.74, 6) is 0.732. The highest BCUT2D eigenvalue weighted by Gasteiger charge is 2.31. The number of rotatable bonds is 6. The summed E-state index contributed by atoms with van der Waals surface area (Å²) in [4.78, 5) is 15.4. The van der Waals surface area contributed by atoms with Gasteiger partial charge < -0.3 is 4.90 Å². The fraction of sp³-hybridized carbons (Fsp3) is 0.364. The Bertz CT molecular complexity index is 1070. The van der Waals surface area contributed by atoms with E-state index in [4.69, 9.17) is 0 Å². The van der Waals surface area contributed by atoms with Crippen molar-refractivity contribution in [1.82, 2.24) is 9.21 Å². The van der Waals surface area contributed by atoms with E-state index < -0.39 is 10.0 Å². The van der Waals surface area contributed by atoms with Crippen molar-refractivity contribution in [2.75, 3.05) is 31.9 Å². The SMILES string of the molecule is Cc1ccc(SCCC(=O)N2CCN(S(=O)(=O)c3ccccc3C#N)CC2)cc1C. The molecule has 0 aromatic heterocycles. The number of nitriles is 1. The molecule has 1 heterocycles. The lowest BCUT2D eigenvalue weighted by atomic mass is 10.1. The molecule has 0 spiro atoms. The lowest BCUT2D eigenvalue weighted by Gasteiger charge is -2.34. The zero-order chi connectivity index (χ0) is 21.7. The van der Waals surface area contributed by atoms with Crippen LogP contribution >= 0.6 is 11.8 Å². The molecule has 6 nitrogen and oxygen atoms in total. The molecule has 30 heavy (non-hydrogen) atoms.